The van der Waals surface area contributed by atoms with Crippen molar-refractivity contribution in [2.75, 3.05) is 10.6 Å². The van der Waals surface area contributed by atoms with Gasteiger partial charge in [-0.25, -0.2) is 9.97 Å². The van der Waals surface area contributed by atoms with Crippen molar-refractivity contribution < 1.29 is 9.59 Å². The van der Waals surface area contributed by atoms with Crippen LogP contribution in [0.3, 0.4) is 0 Å². The Morgan fingerprint density at radius 1 is 0.447 bits per heavy atom. The fourth-order valence-electron chi connectivity index (χ4n) is 5.32. The van der Waals surface area contributed by atoms with Gasteiger partial charge in [0.05, 0.1) is 11.4 Å². The van der Waals surface area contributed by atoms with E-state index in [1.54, 1.807) is 0 Å². The van der Waals surface area contributed by atoms with E-state index in [1.807, 2.05) is 47.2 Å². The molecule has 47 heavy (non-hydrogen) atoms. The SMILES string of the molecule is O=C(CCCCCCCC(=O)Nc1nc(-c2ccc(-c3ccccc3)cc2)cs1)Nc1nc(-c2ccc(-c3ccccc3)cc2)cs1. The highest BCUT2D eigenvalue weighted by Crippen LogP contribution is 2.29. The van der Waals surface area contributed by atoms with Gasteiger partial charge >= 0.3 is 0 Å². The molecule has 0 atom stereocenters. The molecule has 0 radical (unpaired) electrons. The van der Waals surface area contributed by atoms with Crippen LogP contribution in [0.2, 0.25) is 0 Å². The summed E-state index contributed by atoms with van der Waals surface area (Å²) in [6, 6.07) is 37.2. The molecule has 0 aliphatic rings. The molecule has 0 aliphatic carbocycles. The molecule has 6 aromatic rings. The maximum atomic E-state index is 12.5. The van der Waals surface area contributed by atoms with Gasteiger partial charge in [-0.05, 0) is 35.1 Å². The molecule has 2 heterocycles. The van der Waals surface area contributed by atoms with Crippen LogP contribution in [-0.4, -0.2) is 21.8 Å². The molecule has 0 saturated heterocycles. The lowest BCUT2D eigenvalue weighted by Gasteiger charge is -2.04. The normalized spacial score (nSPS) is 10.9. The Kier molecular flexibility index (Phi) is 11.0. The summed E-state index contributed by atoms with van der Waals surface area (Å²) in [6.07, 6.45) is 5.43. The summed E-state index contributed by atoms with van der Waals surface area (Å²) in [5.41, 5.74) is 8.45. The van der Waals surface area contributed by atoms with E-state index < -0.39 is 0 Å². The molecule has 2 aromatic heterocycles. The van der Waals surface area contributed by atoms with E-state index in [1.165, 1.54) is 33.8 Å². The summed E-state index contributed by atoms with van der Waals surface area (Å²) in [6.45, 7) is 0. The van der Waals surface area contributed by atoms with E-state index in [0.717, 1.165) is 65.7 Å². The van der Waals surface area contributed by atoms with Crippen LogP contribution in [-0.2, 0) is 9.59 Å². The molecular weight excluding hydrogens is 621 g/mol. The summed E-state index contributed by atoms with van der Waals surface area (Å²) < 4.78 is 0. The van der Waals surface area contributed by atoms with Gasteiger partial charge in [-0.3, -0.25) is 9.59 Å². The highest BCUT2D eigenvalue weighted by Gasteiger charge is 2.11. The molecule has 0 spiro atoms. The number of hydrogen-bond donors (Lipinski definition) is 2. The van der Waals surface area contributed by atoms with Crippen molar-refractivity contribution in [3.05, 3.63) is 120 Å². The van der Waals surface area contributed by atoms with Gasteiger partial charge in [0.15, 0.2) is 10.3 Å². The van der Waals surface area contributed by atoms with Crippen molar-refractivity contribution in [1.82, 2.24) is 9.97 Å². The summed E-state index contributed by atoms with van der Waals surface area (Å²) in [7, 11) is 0. The molecule has 0 bridgehead atoms. The topological polar surface area (TPSA) is 84.0 Å². The van der Waals surface area contributed by atoms with Crippen LogP contribution < -0.4 is 10.6 Å². The van der Waals surface area contributed by atoms with E-state index in [2.05, 4.69) is 93.4 Å². The Bertz CT molecular complexity index is 1740. The van der Waals surface area contributed by atoms with Gasteiger partial charge in [-0.1, -0.05) is 128 Å². The average Bonchev–Trinajstić information content (AvgIpc) is 3.79. The Morgan fingerprint density at radius 2 is 0.787 bits per heavy atom. The van der Waals surface area contributed by atoms with E-state index in [9.17, 15) is 9.59 Å². The first-order chi connectivity index (χ1) is 23.1. The molecule has 6 rings (SSSR count). The van der Waals surface area contributed by atoms with Gasteiger partial charge in [0, 0.05) is 34.7 Å². The minimum Gasteiger partial charge on any atom is -0.302 e. The average molecular weight is 657 g/mol. The zero-order chi connectivity index (χ0) is 32.3. The third kappa shape index (κ3) is 9.09. The first-order valence-corrected chi connectivity index (χ1v) is 17.7. The number of carbonyl (C=O) groups is 2. The number of nitrogens with one attached hydrogen (secondary N) is 2. The molecule has 0 aliphatic heterocycles. The molecular formula is C39H36N4O2S2. The Labute approximate surface area is 283 Å². The lowest BCUT2D eigenvalue weighted by atomic mass is 10.0. The van der Waals surface area contributed by atoms with Crippen LogP contribution in [0.15, 0.2) is 120 Å². The fourth-order valence-corrected chi connectivity index (χ4v) is 6.79. The minimum absolute atomic E-state index is 0.0142. The largest absolute Gasteiger partial charge is 0.302 e. The highest BCUT2D eigenvalue weighted by atomic mass is 32.1. The van der Waals surface area contributed by atoms with E-state index in [4.69, 9.17) is 0 Å². The number of unbranched alkanes of at least 4 members (excludes halogenated alkanes) is 4. The molecule has 8 heteroatoms. The number of carbonyl (C=O) groups excluding carboxylic acids is 2. The van der Waals surface area contributed by atoms with Crippen LogP contribution in [0.4, 0.5) is 10.3 Å². The lowest BCUT2D eigenvalue weighted by molar-refractivity contribution is -0.117. The second-order valence-electron chi connectivity index (χ2n) is 11.3. The summed E-state index contributed by atoms with van der Waals surface area (Å²) in [5.74, 6) is -0.0284. The summed E-state index contributed by atoms with van der Waals surface area (Å²) in [4.78, 5) is 34.2. The smallest absolute Gasteiger partial charge is 0.226 e. The van der Waals surface area contributed by atoms with Gasteiger partial charge in [-0.15, -0.1) is 22.7 Å². The van der Waals surface area contributed by atoms with Crippen LogP contribution in [0, 0.1) is 0 Å². The van der Waals surface area contributed by atoms with Crippen molar-refractivity contribution in [2.24, 2.45) is 0 Å². The van der Waals surface area contributed by atoms with Gasteiger partial charge in [0.1, 0.15) is 0 Å². The molecule has 0 saturated carbocycles. The number of hydrogen-bond acceptors (Lipinski definition) is 6. The number of nitrogens with zero attached hydrogens (tertiary/aromatic N) is 2. The predicted octanol–water partition coefficient (Wildman–Crippen LogP) is 10.6. The van der Waals surface area contributed by atoms with Gasteiger partial charge in [0.25, 0.3) is 0 Å². The van der Waals surface area contributed by atoms with Crippen LogP contribution in [0.1, 0.15) is 44.9 Å². The molecule has 236 valence electrons. The standard InChI is InChI=1S/C39H36N4O2S2/c44-36(42-38-40-34(26-46-38)32-22-18-30(19-23-32)28-12-6-4-7-13-28)16-10-2-1-3-11-17-37(45)43-39-41-35(27-47-39)33-24-20-31(21-25-33)29-14-8-5-9-15-29/h4-9,12-15,18-27H,1-3,10-11,16-17H2,(H,40,42,44)(H,41,43,45). The predicted molar refractivity (Wildman–Crippen MR) is 196 cm³/mol. The highest BCUT2D eigenvalue weighted by molar-refractivity contribution is 7.14. The number of aromatic nitrogens is 2. The number of anilines is 2. The first kappa shape index (κ1) is 32.0. The second kappa shape index (κ2) is 16.1. The van der Waals surface area contributed by atoms with E-state index >= 15 is 0 Å². The number of thiazole rings is 2. The lowest BCUT2D eigenvalue weighted by Crippen LogP contribution is -2.11. The maximum absolute atomic E-state index is 12.5. The molecule has 0 fully saturated rings. The van der Waals surface area contributed by atoms with E-state index in [-0.39, 0.29) is 11.8 Å². The van der Waals surface area contributed by atoms with Crippen LogP contribution >= 0.6 is 22.7 Å². The van der Waals surface area contributed by atoms with Crippen LogP contribution in [0.25, 0.3) is 44.8 Å². The zero-order valence-electron chi connectivity index (χ0n) is 26.0. The fraction of sp³-hybridized carbons (Fsp3) is 0.179. The van der Waals surface area contributed by atoms with Gasteiger partial charge in [0.2, 0.25) is 11.8 Å². The van der Waals surface area contributed by atoms with Crippen molar-refractivity contribution in [3.63, 3.8) is 0 Å². The third-order valence-corrected chi connectivity index (χ3v) is 9.40. The molecule has 4 aromatic carbocycles. The number of benzene rings is 4. The zero-order valence-corrected chi connectivity index (χ0v) is 27.7. The van der Waals surface area contributed by atoms with Gasteiger partial charge in [-0.2, -0.15) is 0 Å². The maximum Gasteiger partial charge on any atom is 0.226 e. The molecule has 0 unspecified atom stereocenters. The second-order valence-corrected chi connectivity index (χ2v) is 13.0. The Morgan fingerprint density at radius 3 is 1.19 bits per heavy atom. The monoisotopic (exact) mass is 656 g/mol. The molecule has 2 amide bonds. The van der Waals surface area contributed by atoms with E-state index in [0.29, 0.717) is 23.1 Å². The number of amides is 2. The summed E-state index contributed by atoms with van der Waals surface area (Å²) >= 11 is 2.88. The van der Waals surface area contributed by atoms with Crippen LogP contribution in [0.5, 0.6) is 0 Å². The Hall–Kier alpha value is -4.92. The Balaban J connectivity index is 0.846. The molecule has 2 N–H and O–H groups in total. The van der Waals surface area contributed by atoms with Gasteiger partial charge < -0.3 is 10.6 Å². The van der Waals surface area contributed by atoms with Crippen molar-refractivity contribution >= 4 is 44.8 Å². The minimum atomic E-state index is -0.0142. The quantitative estimate of drug-likeness (QED) is 0.114. The molecule has 6 nitrogen and oxygen atoms in total. The van der Waals surface area contributed by atoms with Crippen molar-refractivity contribution in [1.29, 1.82) is 0 Å². The van der Waals surface area contributed by atoms with Crippen molar-refractivity contribution in [3.8, 4) is 44.8 Å². The first-order valence-electron chi connectivity index (χ1n) is 15.9. The third-order valence-electron chi connectivity index (χ3n) is 7.88. The van der Waals surface area contributed by atoms with Crippen molar-refractivity contribution in [2.45, 2.75) is 44.9 Å². The number of rotatable bonds is 14. The summed E-state index contributed by atoms with van der Waals surface area (Å²) in [5, 5.41) is 11.1.